The largest absolute Gasteiger partial charge is 0.377 e. The lowest BCUT2D eigenvalue weighted by molar-refractivity contribution is 0.0317. The number of ether oxygens (including phenoxy) is 1. The molecule has 1 saturated heterocycles. The third-order valence-corrected chi connectivity index (χ3v) is 5.16. The Labute approximate surface area is 88.4 Å². The molecule has 1 aliphatic heterocycles. The molecule has 0 spiro atoms. The van der Waals surface area contributed by atoms with Crippen molar-refractivity contribution in [3.8, 4) is 0 Å². The van der Waals surface area contributed by atoms with Crippen LogP contribution in [0.25, 0.3) is 0 Å². The van der Waals surface area contributed by atoms with Gasteiger partial charge in [0.25, 0.3) is 0 Å². The highest BCUT2D eigenvalue weighted by atomic mass is 79.9. The van der Waals surface area contributed by atoms with Crippen molar-refractivity contribution in [2.45, 2.75) is 38.2 Å². The Morgan fingerprint density at radius 2 is 2.00 bits per heavy atom. The summed E-state index contributed by atoms with van der Waals surface area (Å²) in [5.41, 5.74) is 0.543. The van der Waals surface area contributed by atoms with E-state index in [-0.39, 0.29) is 0 Å². The first kappa shape index (κ1) is 8.72. The lowest BCUT2D eigenvalue weighted by Gasteiger charge is -2.32. The molecule has 1 nitrogen and oxygen atoms in total. The van der Waals surface area contributed by atoms with Gasteiger partial charge < -0.3 is 4.74 Å². The van der Waals surface area contributed by atoms with Crippen LogP contribution in [0.15, 0.2) is 0 Å². The highest BCUT2D eigenvalue weighted by Gasteiger charge is 2.56. The van der Waals surface area contributed by atoms with Gasteiger partial charge in [-0.3, -0.25) is 0 Å². The molecule has 0 radical (unpaired) electrons. The maximum Gasteiger partial charge on any atom is 0.0670 e. The second-order valence-electron chi connectivity index (χ2n) is 5.02. The molecule has 2 heteroatoms. The van der Waals surface area contributed by atoms with E-state index in [1.54, 1.807) is 0 Å². The normalized spacial score (nSPS) is 45.5. The molecule has 2 saturated carbocycles. The van der Waals surface area contributed by atoms with Crippen molar-refractivity contribution in [2.24, 2.45) is 17.3 Å². The molecule has 0 amide bonds. The molecule has 2 atom stereocenters. The van der Waals surface area contributed by atoms with Crippen LogP contribution in [0.4, 0.5) is 0 Å². The number of rotatable bonds is 3. The third kappa shape index (κ3) is 1.29. The van der Waals surface area contributed by atoms with Crippen LogP contribution in [0.2, 0.25) is 0 Å². The SMILES string of the molecule is BrCC1(C2CC2)CCOC1C1CC1. The molecule has 3 aliphatic rings. The average Bonchev–Trinajstić information content (AvgIpc) is 3.03. The van der Waals surface area contributed by atoms with Gasteiger partial charge in [0.15, 0.2) is 0 Å². The van der Waals surface area contributed by atoms with Gasteiger partial charge in [0.1, 0.15) is 0 Å². The van der Waals surface area contributed by atoms with E-state index in [1.807, 2.05) is 0 Å². The maximum absolute atomic E-state index is 5.96. The highest BCUT2D eigenvalue weighted by Crippen LogP contribution is 2.59. The molecule has 74 valence electrons. The summed E-state index contributed by atoms with van der Waals surface area (Å²) in [5.74, 6) is 1.90. The van der Waals surface area contributed by atoms with Gasteiger partial charge in [0.2, 0.25) is 0 Å². The molecule has 0 N–H and O–H groups in total. The Morgan fingerprint density at radius 3 is 2.54 bits per heavy atom. The first-order chi connectivity index (χ1) is 6.37. The van der Waals surface area contributed by atoms with Crippen LogP contribution in [0, 0.1) is 17.3 Å². The number of alkyl halides is 1. The summed E-state index contributed by atoms with van der Waals surface area (Å²) in [6.07, 6.45) is 7.68. The number of hydrogen-bond donors (Lipinski definition) is 0. The van der Waals surface area contributed by atoms with Gasteiger partial charge in [-0.05, 0) is 43.9 Å². The molecule has 3 fully saturated rings. The zero-order chi connectivity index (χ0) is 8.89. The van der Waals surface area contributed by atoms with Crippen LogP contribution in [0.5, 0.6) is 0 Å². The minimum absolute atomic E-state index is 0.543. The topological polar surface area (TPSA) is 9.23 Å². The van der Waals surface area contributed by atoms with Crippen LogP contribution in [-0.2, 0) is 4.74 Å². The summed E-state index contributed by atoms with van der Waals surface area (Å²) in [6.45, 7) is 1.02. The molecule has 13 heavy (non-hydrogen) atoms. The van der Waals surface area contributed by atoms with E-state index in [0.29, 0.717) is 11.5 Å². The Bertz CT molecular complexity index is 210. The van der Waals surface area contributed by atoms with Gasteiger partial charge in [-0.15, -0.1) is 0 Å². The van der Waals surface area contributed by atoms with E-state index in [1.165, 1.54) is 37.4 Å². The van der Waals surface area contributed by atoms with Crippen molar-refractivity contribution in [1.29, 1.82) is 0 Å². The minimum Gasteiger partial charge on any atom is -0.377 e. The van der Waals surface area contributed by atoms with E-state index in [0.717, 1.165) is 18.4 Å². The van der Waals surface area contributed by atoms with Crippen molar-refractivity contribution >= 4 is 15.9 Å². The number of halogens is 1. The lowest BCUT2D eigenvalue weighted by atomic mass is 9.76. The molecule has 2 aliphatic carbocycles. The predicted octanol–water partition coefficient (Wildman–Crippen LogP) is 2.98. The highest BCUT2D eigenvalue weighted by molar-refractivity contribution is 9.09. The van der Waals surface area contributed by atoms with Gasteiger partial charge >= 0.3 is 0 Å². The van der Waals surface area contributed by atoms with Crippen molar-refractivity contribution in [1.82, 2.24) is 0 Å². The lowest BCUT2D eigenvalue weighted by Crippen LogP contribution is -2.36. The molecular weight excluding hydrogens is 228 g/mol. The van der Waals surface area contributed by atoms with Crippen LogP contribution in [0.1, 0.15) is 32.1 Å². The van der Waals surface area contributed by atoms with Crippen LogP contribution in [0.3, 0.4) is 0 Å². The smallest absolute Gasteiger partial charge is 0.0670 e. The molecular formula is C11H17BrO. The molecule has 0 aromatic heterocycles. The van der Waals surface area contributed by atoms with E-state index < -0.39 is 0 Å². The summed E-state index contributed by atoms with van der Waals surface area (Å²) >= 11 is 3.73. The fourth-order valence-corrected chi connectivity index (χ4v) is 4.09. The quantitative estimate of drug-likeness (QED) is 0.694. The van der Waals surface area contributed by atoms with Crippen molar-refractivity contribution in [3.05, 3.63) is 0 Å². The van der Waals surface area contributed by atoms with Crippen LogP contribution < -0.4 is 0 Å². The molecule has 2 unspecified atom stereocenters. The first-order valence-corrected chi connectivity index (χ1v) is 6.66. The number of hydrogen-bond acceptors (Lipinski definition) is 1. The summed E-state index contributed by atoms with van der Waals surface area (Å²) in [7, 11) is 0. The summed E-state index contributed by atoms with van der Waals surface area (Å²) in [5, 5.41) is 1.17. The molecule has 1 heterocycles. The fourth-order valence-electron chi connectivity index (χ4n) is 3.04. The minimum atomic E-state index is 0.543. The zero-order valence-electron chi connectivity index (χ0n) is 7.97. The van der Waals surface area contributed by atoms with Gasteiger partial charge in [-0.1, -0.05) is 15.9 Å². The Hall–Kier alpha value is 0.440. The van der Waals surface area contributed by atoms with Crippen LogP contribution in [-0.4, -0.2) is 18.0 Å². The maximum atomic E-state index is 5.96. The van der Waals surface area contributed by atoms with Gasteiger partial charge in [0.05, 0.1) is 6.10 Å². The first-order valence-electron chi connectivity index (χ1n) is 5.54. The molecule has 0 aromatic carbocycles. The zero-order valence-corrected chi connectivity index (χ0v) is 9.55. The Morgan fingerprint density at radius 1 is 1.23 bits per heavy atom. The van der Waals surface area contributed by atoms with Crippen LogP contribution >= 0.6 is 15.9 Å². The van der Waals surface area contributed by atoms with Gasteiger partial charge in [-0.2, -0.15) is 0 Å². The molecule has 3 rings (SSSR count). The second kappa shape index (κ2) is 2.96. The monoisotopic (exact) mass is 244 g/mol. The van der Waals surface area contributed by atoms with E-state index in [9.17, 15) is 0 Å². The Kier molecular flexibility index (Phi) is 1.99. The van der Waals surface area contributed by atoms with Crippen molar-refractivity contribution in [2.75, 3.05) is 11.9 Å². The predicted molar refractivity (Wildman–Crippen MR) is 56.0 cm³/mol. The van der Waals surface area contributed by atoms with E-state index in [4.69, 9.17) is 4.74 Å². The standard InChI is InChI=1S/C11H17BrO/c12-7-11(9-3-4-9)5-6-13-10(11)8-1-2-8/h8-10H,1-7H2. The van der Waals surface area contributed by atoms with Gasteiger partial charge in [0, 0.05) is 17.4 Å². The van der Waals surface area contributed by atoms with Crippen molar-refractivity contribution < 1.29 is 4.74 Å². The van der Waals surface area contributed by atoms with E-state index >= 15 is 0 Å². The average molecular weight is 245 g/mol. The summed E-state index contributed by atoms with van der Waals surface area (Å²) < 4.78 is 5.96. The third-order valence-electron chi connectivity index (χ3n) is 4.12. The van der Waals surface area contributed by atoms with E-state index in [2.05, 4.69) is 15.9 Å². The fraction of sp³-hybridized carbons (Fsp3) is 1.00. The Balaban J connectivity index is 1.83. The second-order valence-corrected chi connectivity index (χ2v) is 5.58. The molecule has 0 aromatic rings. The van der Waals surface area contributed by atoms with Crippen molar-refractivity contribution in [3.63, 3.8) is 0 Å². The summed E-state index contributed by atoms with van der Waals surface area (Å²) in [4.78, 5) is 0. The summed E-state index contributed by atoms with van der Waals surface area (Å²) in [6, 6.07) is 0. The molecule has 0 bridgehead atoms. The van der Waals surface area contributed by atoms with Gasteiger partial charge in [-0.25, -0.2) is 0 Å².